The van der Waals surface area contributed by atoms with Gasteiger partial charge in [0.1, 0.15) is 5.82 Å². The summed E-state index contributed by atoms with van der Waals surface area (Å²) in [5, 5.41) is 13.9. The van der Waals surface area contributed by atoms with Crippen LogP contribution in [0.1, 0.15) is 32.4 Å². The van der Waals surface area contributed by atoms with Crippen molar-refractivity contribution in [1.29, 1.82) is 0 Å². The summed E-state index contributed by atoms with van der Waals surface area (Å²) in [5.41, 5.74) is 6.23. The Bertz CT molecular complexity index is 298. The van der Waals surface area contributed by atoms with E-state index in [9.17, 15) is 5.11 Å². The lowest BCUT2D eigenvalue weighted by molar-refractivity contribution is 0.0633. The molecule has 0 aliphatic carbocycles. The fourth-order valence-electron chi connectivity index (χ4n) is 1.14. The zero-order valence-electron chi connectivity index (χ0n) is 8.57. The Balaban J connectivity index is 3.02. The Morgan fingerprint density at radius 1 is 1.54 bits per heavy atom. The van der Waals surface area contributed by atoms with E-state index in [4.69, 9.17) is 5.73 Å². The molecule has 1 rings (SSSR count). The first-order chi connectivity index (χ1) is 5.84. The van der Waals surface area contributed by atoms with Crippen molar-refractivity contribution in [3.63, 3.8) is 0 Å². The summed E-state index contributed by atoms with van der Waals surface area (Å²) in [7, 11) is 1.76. The zero-order chi connectivity index (χ0) is 10.2. The van der Waals surface area contributed by atoms with E-state index in [0.717, 1.165) is 0 Å². The number of rotatable bonds is 1. The fourth-order valence-corrected chi connectivity index (χ4v) is 1.14. The summed E-state index contributed by atoms with van der Waals surface area (Å²) in [6.07, 6.45) is 1.05. The van der Waals surface area contributed by atoms with Gasteiger partial charge in [-0.1, -0.05) is 20.8 Å². The highest BCUT2D eigenvalue weighted by Gasteiger charge is 2.27. The molecule has 0 aliphatic heterocycles. The predicted octanol–water partition coefficient (Wildman–Crippen LogP) is 1.08. The van der Waals surface area contributed by atoms with E-state index in [-0.39, 0.29) is 5.41 Å². The Morgan fingerprint density at radius 2 is 2.08 bits per heavy atom. The van der Waals surface area contributed by atoms with Crippen molar-refractivity contribution in [2.45, 2.75) is 26.9 Å². The smallest absolute Gasteiger partial charge is 0.127 e. The molecule has 1 aromatic rings. The van der Waals surface area contributed by atoms with Crippen molar-refractivity contribution in [2.75, 3.05) is 5.73 Å². The summed E-state index contributed by atoms with van der Waals surface area (Å²) in [6, 6.07) is 0. The van der Waals surface area contributed by atoms with Crippen LogP contribution >= 0.6 is 0 Å². The van der Waals surface area contributed by atoms with E-state index < -0.39 is 6.10 Å². The molecule has 0 aliphatic rings. The number of hydrogen-bond acceptors (Lipinski definition) is 3. The van der Waals surface area contributed by atoms with Crippen LogP contribution in [-0.2, 0) is 7.05 Å². The molecule has 0 spiro atoms. The standard InChI is InChI=1S/C9H17N3O/c1-9(2,3)7(13)6-5-11-12(4)8(6)10/h5,7,13H,10H2,1-4H3. The lowest BCUT2D eigenvalue weighted by Crippen LogP contribution is -2.18. The highest BCUT2D eigenvalue weighted by Crippen LogP contribution is 2.34. The van der Waals surface area contributed by atoms with Gasteiger partial charge < -0.3 is 10.8 Å². The van der Waals surface area contributed by atoms with Crippen LogP contribution in [0.3, 0.4) is 0 Å². The van der Waals surface area contributed by atoms with Crippen molar-refractivity contribution in [2.24, 2.45) is 12.5 Å². The molecule has 74 valence electrons. The van der Waals surface area contributed by atoms with Gasteiger partial charge in [0.2, 0.25) is 0 Å². The van der Waals surface area contributed by atoms with E-state index in [1.54, 1.807) is 17.9 Å². The van der Waals surface area contributed by atoms with Crippen LogP contribution in [0.15, 0.2) is 6.20 Å². The number of aliphatic hydroxyl groups is 1. The molecular weight excluding hydrogens is 166 g/mol. The second kappa shape index (κ2) is 3.03. The van der Waals surface area contributed by atoms with Crippen LogP contribution in [0.25, 0.3) is 0 Å². The molecule has 0 saturated heterocycles. The molecule has 3 N–H and O–H groups in total. The molecule has 0 saturated carbocycles. The van der Waals surface area contributed by atoms with Gasteiger partial charge in [0, 0.05) is 12.6 Å². The van der Waals surface area contributed by atoms with Gasteiger partial charge in [-0.3, -0.25) is 4.68 Å². The average molecular weight is 183 g/mol. The summed E-state index contributed by atoms with van der Waals surface area (Å²) >= 11 is 0. The summed E-state index contributed by atoms with van der Waals surface area (Å²) in [5.74, 6) is 0.530. The summed E-state index contributed by atoms with van der Waals surface area (Å²) < 4.78 is 1.56. The van der Waals surface area contributed by atoms with Crippen molar-refractivity contribution in [3.05, 3.63) is 11.8 Å². The Hall–Kier alpha value is -1.03. The maximum absolute atomic E-state index is 9.92. The van der Waals surface area contributed by atoms with Gasteiger partial charge in [-0.25, -0.2) is 0 Å². The Kier molecular flexibility index (Phi) is 2.34. The van der Waals surface area contributed by atoms with Crippen molar-refractivity contribution in [1.82, 2.24) is 9.78 Å². The number of aromatic nitrogens is 2. The van der Waals surface area contributed by atoms with Crippen LogP contribution in [0.5, 0.6) is 0 Å². The van der Waals surface area contributed by atoms with Crippen LogP contribution in [0, 0.1) is 5.41 Å². The molecule has 4 heteroatoms. The van der Waals surface area contributed by atoms with Crippen LogP contribution in [-0.4, -0.2) is 14.9 Å². The van der Waals surface area contributed by atoms with Crippen molar-refractivity contribution < 1.29 is 5.11 Å². The highest BCUT2D eigenvalue weighted by molar-refractivity contribution is 5.40. The number of aryl methyl sites for hydroxylation is 1. The second-order valence-electron chi connectivity index (χ2n) is 4.38. The van der Waals surface area contributed by atoms with E-state index in [1.807, 2.05) is 20.8 Å². The largest absolute Gasteiger partial charge is 0.388 e. The van der Waals surface area contributed by atoms with E-state index in [2.05, 4.69) is 5.10 Å². The normalized spacial score (nSPS) is 14.5. The number of hydrogen-bond donors (Lipinski definition) is 2. The maximum Gasteiger partial charge on any atom is 0.127 e. The predicted molar refractivity (Wildman–Crippen MR) is 52.0 cm³/mol. The minimum absolute atomic E-state index is 0.211. The first-order valence-electron chi connectivity index (χ1n) is 4.29. The molecule has 0 aromatic carbocycles. The molecule has 13 heavy (non-hydrogen) atoms. The Labute approximate surface area is 78.4 Å². The molecule has 4 nitrogen and oxygen atoms in total. The van der Waals surface area contributed by atoms with Gasteiger partial charge in [0.05, 0.1) is 12.3 Å². The zero-order valence-corrected chi connectivity index (χ0v) is 8.57. The maximum atomic E-state index is 9.92. The quantitative estimate of drug-likeness (QED) is 0.684. The molecule has 0 fully saturated rings. The first kappa shape index (κ1) is 10.1. The molecule has 1 atom stereocenters. The minimum Gasteiger partial charge on any atom is -0.388 e. The van der Waals surface area contributed by atoms with E-state index in [0.29, 0.717) is 11.4 Å². The number of anilines is 1. The van der Waals surface area contributed by atoms with Gasteiger partial charge >= 0.3 is 0 Å². The van der Waals surface area contributed by atoms with Crippen LogP contribution in [0.2, 0.25) is 0 Å². The lowest BCUT2D eigenvalue weighted by atomic mass is 9.86. The van der Waals surface area contributed by atoms with Crippen LogP contribution < -0.4 is 5.73 Å². The summed E-state index contributed by atoms with van der Waals surface area (Å²) in [6.45, 7) is 5.89. The third-order valence-electron chi connectivity index (χ3n) is 2.13. The lowest BCUT2D eigenvalue weighted by Gasteiger charge is -2.25. The number of nitrogens with two attached hydrogens (primary N) is 1. The van der Waals surface area contributed by atoms with Gasteiger partial charge in [-0.2, -0.15) is 5.10 Å². The average Bonchev–Trinajstić information content (AvgIpc) is 2.30. The van der Waals surface area contributed by atoms with E-state index in [1.165, 1.54) is 0 Å². The summed E-state index contributed by atoms with van der Waals surface area (Å²) in [4.78, 5) is 0. The third kappa shape index (κ3) is 1.83. The number of nitrogen functional groups attached to an aromatic ring is 1. The van der Waals surface area contributed by atoms with Gasteiger partial charge in [-0.15, -0.1) is 0 Å². The number of nitrogens with zero attached hydrogens (tertiary/aromatic N) is 2. The second-order valence-corrected chi connectivity index (χ2v) is 4.38. The molecule has 0 bridgehead atoms. The molecule has 0 amide bonds. The van der Waals surface area contributed by atoms with Gasteiger partial charge in [-0.05, 0) is 5.41 Å². The van der Waals surface area contributed by atoms with Crippen LogP contribution in [0.4, 0.5) is 5.82 Å². The topological polar surface area (TPSA) is 64.1 Å². The molecule has 1 aromatic heterocycles. The number of aliphatic hydroxyl groups excluding tert-OH is 1. The minimum atomic E-state index is -0.568. The third-order valence-corrected chi connectivity index (χ3v) is 2.13. The van der Waals surface area contributed by atoms with Gasteiger partial charge in [0.15, 0.2) is 0 Å². The molecular formula is C9H17N3O. The van der Waals surface area contributed by atoms with E-state index >= 15 is 0 Å². The first-order valence-corrected chi connectivity index (χ1v) is 4.29. The monoisotopic (exact) mass is 183 g/mol. The van der Waals surface area contributed by atoms with Crippen molar-refractivity contribution >= 4 is 5.82 Å². The molecule has 0 radical (unpaired) electrons. The molecule has 1 unspecified atom stereocenters. The van der Waals surface area contributed by atoms with Crippen molar-refractivity contribution in [3.8, 4) is 0 Å². The highest BCUT2D eigenvalue weighted by atomic mass is 16.3. The fraction of sp³-hybridized carbons (Fsp3) is 0.667. The molecule has 1 heterocycles. The Morgan fingerprint density at radius 3 is 2.38 bits per heavy atom. The van der Waals surface area contributed by atoms with Gasteiger partial charge in [0.25, 0.3) is 0 Å². The SMILES string of the molecule is Cn1ncc(C(O)C(C)(C)C)c1N.